The van der Waals surface area contributed by atoms with Gasteiger partial charge < -0.3 is 20.5 Å². The van der Waals surface area contributed by atoms with Crippen molar-refractivity contribution < 1.29 is 14.6 Å². The molecule has 0 unspecified atom stereocenters. The van der Waals surface area contributed by atoms with Gasteiger partial charge in [-0.1, -0.05) is 13.0 Å². The van der Waals surface area contributed by atoms with Crippen LogP contribution in [0.1, 0.15) is 44.9 Å². The van der Waals surface area contributed by atoms with Crippen LogP contribution >= 0.6 is 0 Å². The lowest BCUT2D eigenvalue weighted by Gasteiger charge is -2.35. The lowest BCUT2D eigenvalue weighted by atomic mass is 9.94. The first-order valence-electron chi connectivity index (χ1n) is 14.4. The Morgan fingerprint density at radius 2 is 2.02 bits per heavy atom. The van der Waals surface area contributed by atoms with E-state index in [4.69, 9.17) is 9.72 Å². The van der Waals surface area contributed by atoms with Gasteiger partial charge in [0.25, 0.3) is 0 Å². The van der Waals surface area contributed by atoms with Gasteiger partial charge in [0.15, 0.2) is 0 Å². The molecule has 0 bridgehead atoms. The van der Waals surface area contributed by atoms with Gasteiger partial charge in [0, 0.05) is 55.3 Å². The van der Waals surface area contributed by atoms with E-state index in [1.54, 1.807) is 6.20 Å². The molecule has 5 rings (SSSR count). The van der Waals surface area contributed by atoms with Crippen molar-refractivity contribution in [3.63, 3.8) is 0 Å². The molecule has 1 aliphatic rings. The Morgan fingerprint density at radius 3 is 2.74 bits per heavy atom. The van der Waals surface area contributed by atoms with Gasteiger partial charge in [-0.15, -0.1) is 0 Å². The molecule has 0 spiro atoms. The molecular weight excluding hydrogens is 530 g/mol. The van der Waals surface area contributed by atoms with Crippen LogP contribution in [0.3, 0.4) is 0 Å². The normalized spacial score (nSPS) is 15.2. The molecule has 42 heavy (non-hydrogen) atoms. The summed E-state index contributed by atoms with van der Waals surface area (Å²) in [6.45, 7) is 8.34. The summed E-state index contributed by atoms with van der Waals surface area (Å²) in [4.78, 5) is 20.0. The molecule has 1 aliphatic heterocycles. The monoisotopic (exact) mass is 567 g/mol. The van der Waals surface area contributed by atoms with E-state index in [1.165, 1.54) is 6.08 Å². The molecule has 4 aromatic rings. The first-order chi connectivity index (χ1) is 20.2. The van der Waals surface area contributed by atoms with Crippen LogP contribution in [0.25, 0.3) is 21.8 Å². The van der Waals surface area contributed by atoms with E-state index in [0.29, 0.717) is 71.7 Å². The highest BCUT2D eigenvalue weighted by atomic mass is 16.5. The van der Waals surface area contributed by atoms with Crippen LogP contribution in [0.15, 0.2) is 48.7 Å². The van der Waals surface area contributed by atoms with Crippen LogP contribution in [0, 0.1) is 11.3 Å². The Bertz CT molecular complexity index is 1690. The van der Waals surface area contributed by atoms with Crippen molar-refractivity contribution in [3.05, 3.63) is 59.9 Å². The average Bonchev–Trinajstić information content (AvgIpc) is 3.34. The van der Waals surface area contributed by atoms with Gasteiger partial charge >= 0.3 is 0 Å². The minimum absolute atomic E-state index is 0.283. The number of amides is 1. The van der Waals surface area contributed by atoms with Crippen molar-refractivity contribution in [1.29, 1.82) is 5.26 Å². The number of hydrogen-bond acceptors (Lipinski definition) is 8. The fraction of sp³-hybridized carbons (Fsp3) is 0.375. The quantitative estimate of drug-likeness (QED) is 0.240. The van der Waals surface area contributed by atoms with E-state index in [-0.39, 0.29) is 5.91 Å². The van der Waals surface area contributed by atoms with Gasteiger partial charge in [-0.25, -0.2) is 0 Å². The fourth-order valence-corrected chi connectivity index (χ4v) is 5.31. The Morgan fingerprint density at radius 1 is 1.24 bits per heavy atom. The number of aryl methyl sites for hydroxylation is 2. The Kier molecular flexibility index (Phi) is 8.43. The van der Waals surface area contributed by atoms with E-state index < -0.39 is 5.60 Å². The number of aromatic nitrogens is 3. The number of fused-ring (bicyclic) bond motifs is 2. The molecule has 2 aromatic heterocycles. The number of rotatable bonds is 9. The van der Waals surface area contributed by atoms with Crippen molar-refractivity contribution in [2.24, 2.45) is 7.05 Å². The van der Waals surface area contributed by atoms with Crippen LogP contribution in [0.2, 0.25) is 0 Å². The fourth-order valence-electron chi connectivity index (χ4n) is 5.31. The van der Waals surface area contributed by atoms with Gasteiger partial charge in [-0.3, -0.25) is 19.4 Å². The third-order valence-corrected chi connectivity index (χ3v) is 7.75. The lowest BCUT2D eigenvalue weighted by molar-refractivity contribution is -0.112. The molecule has 1 saturated heterocycles. The third-order valence-electron chi connectivity index (χ3n) is 7.75. The molecular formula is C32H37N7O3. The highest BCUT2D eigenvalue weighted by molar-refractivity contribution is 6.05. The molecule has 10 heteroatoms. The smallest absolute Gasteiger partial charge is 0.248 e. The topological polar surface area (TPSA) is 128 Å². The highest BCUT2D eigenvalue weighted by Crippen LogP contribution is 2.38. The number of aliphatic hydroxyl groups is 1. The summed E-state index contributed by atoms with van der Waals surface area (Å²) >= 11 is 0. The molecule has 2 aromatic carbocycles. The van der Waals surface area contributed by atoms with Crippen LogP contribution in [0.5, 0.6) is 5.75 Å². The summed E-state index contributed by atoms with van der Waals surface area (Å²) < 4.78 is 7.71. The van der Waals surface area contributed by atoms with Gasteiger partial charge in [0.1, 0.15) is 11.8 Å². The van der Waals surface area contributed by atoms with Crippen molar-refractivity contribution in [3.8, 4) is 11.8 Å². The maximum absolute atomic E-state index is 13.0. The van der Waals surface area contributed by atoms with Crippen LogP contribution in [0.4, 0.5) is 17.1 Å². The molecule has 218 valence electrons. The molecule has 0 aliphatic carbocycles. The molecule has 0 atom stereocenters. The van der Waals surface area contributed by atoms with E-state index in [0.717, 1.165) is 29.7 Å². The third kappa shape index (κ3) is 6.22. The summed E-state index contributed by atoms with van der Waals surface area (Å²) in [5.74, 6) is 0.224. The van der Waals surface area contributed by atoms with Gasteiger partial charge in [0.05, 0.1) is 52.1 Å². The van der Waals surface area contributed by atoms with Crippen LogP contribution < -0.4 is 15.4 Å². The van der Waals surface area contributed by atoms with Gasteiger partial charge in [-0.2, -0.15) is 10.4 Å². The zero-order chi connectivity index (χ0) is 29.9. The molecule has 1 amide bonds. The Balaban J connectivity index is 1.47. The van der Waals surface area contributed by atoms with Gasteiger partial charge in [-0.05, 0) is 57.4 Å². The number of hydrogen-bond donors (Lipinski definition) is 3. The predicted octanol–water partition coefficient (Wildman–Crippen LogP) is 5.04. The number of nitriles is 1. The van der Waals surface area contributed by atoms with E-state index in [1.807, 2.05) is 68.9 Å². The predicted molar refractivity (Wildman–Crippen MR) is 165 cm³/mol. The number of ether oxygens (including phenoxy) is 1. The average molecular weight is 568 g/mol. The lowest BCUT2D eigenvalue weighted by Crippen LogP contribution is -2.42. The number of carbonyl (C=O) groups is 1. The SMILES string of the molecule is CCOc1cc2nc(CC)c(C#N)c(Nc3ccc4c(cnn4C)c3)c2cc1NC(=O)/C=C/CN1CCC(C)(O)CC1. The summed E-state index contributed by atoms with van der Waals surface area (Å²) in [6.07, 6.45) is 7.17. The van der Waals surface area contributed by atoms with Crippen molar-refractivity contribution in [2.75, 3.05) is 36.9 Å². The van der Waals surface area contributed by atoms with Crippen molar-refractivity contribution in [1.82, 2.24) is 19.7 Å². The number of pyridine rings is 1. The van der Waals surface area contributed by atoms with Crippen LogP contribution in [-0.4, -0.2) is 62.5 Å². The molecule has 1 fully saturated rings. The maximum atomic E-state index is 13.0. The van der Waals surface area contributed by atoms with Crippen molar-refractivity contribution >= 4 is 44.8 Å². The number of nitrogens with zero attached hydrogens (tertiary/aromatic N) is 5. The number of nitrogens with one attached hydrogen (secondary N) is 2. The van der Waals surface area contributed by atoms with E-state index in [9.17, 15) is 15.2 Å². The standard InChI is InChI=1S/C32H37N7O3/c1-5-25-24(19-33)31(35-22-9-10-28-21(16-22)20-34-38(28)4)23-17-27(29(42-6-2)18-26(23)36-25)37-30(40)8-7-13-39-14-11-32(3,41)12-15-39/h7-10,16-18,20,41H,5-6,11-15H2,1-4H3,(H,35,36)(H,37,40)/b8-7+. The summed E-state index contributed by atoms with van der Waals surface area (Å²) in [7, 11) is 1.90. The first-order valence-corrected chi connectivity index (χ1v) is 14.4. The number of anilines is 3. The number of likely N-dealkylation sites (tertiary alicyclic amines) is 1. The second-order valence-electron chi connectivity index (χ2n) is 10.9. The highest BCUT2D eigenvalue weighted by Gasteiger charge is 2.26. The zero-order valence-electron chi connectivity index (χ0n) is 24.6. The maximum Gasteiger partial charge on any atom is 0.248 e. The second-order valence-corrected chi connectivity index (χ2v) is 10.9. The minimum atomic E-state index is -0.610. The number of benzene rings is 2. The molecule has 3 N–H and O–H groups in total. The van der Waals surface area contributed by atoms with Crippen LogP contribution in [-0.2, 0) is 18.3 Å². The molecule has 0 radical (unpaired) electrons. The Labute approximate surface area is 245 Å². The Hall–Kier alpha value is -4.46. The summed E-state index contributed by atoms with van der Waals surface area (Å²) in [5, 5.41) is 32.8. The molecule has 10 nitrogen and oxygen atoms in total. The van der Waals surface area contributed by atoms with E-state index >= 15 is 0 Å². The van der Waals surface area contributed by atoms with Gasteiger partial charge in [0.2, 0.25) is 5.91 Å². The molecule has 3 heterocycles. The number of carbonyl (C=O) groups excluding carboxylic acids is 1. The van der Waals surface area contributed by atoms with E-state index in [2.05, 4.69) is 26.7 Å². The molecule has 0 saturated carbocycles. The number of piperidine rings is 1. The van der Waals surface area contributed by atoms with Crippen molar-refractivity contribution in [2.45, 2.75) is 45.6 Å². The second kappa shape index (κ2) is 12.2. The largest absolute Gasteiger partial charge is 0.492 e. The zero-order valence-corrected chi connectivity index (χ0v) is 24.6. The first kappa shape index (κ1) is 29.0. The summed E-state index contributed by atoms with van der Waals surface area (Å²) in [5.41, 5.74) is 4.11. The minimum Gasteiger partial charge on any atom is -0.492 e. The summed E-state index contributed by atoms with van der Waals surface area (Å²) in [6, 6.07) is 11.9.